The number of aliphatic carboxylic acids is 1. The number of benzene rings is 1. The van der Waals surface area contributed by atoms with Crippen LogP contribution in [0.3, 0.4) is 0 Å². The van der Waals surface area contributed by atoms with Crippen LogP contribution in [0.5, 0.6) is 0 Å². The number of aliphatic hydroxyl groups is 1. The van der Waals surface area contributed by atoms with Crippen molar-refractivity contribution < 1.29 is 32.6 Å². The van der Waals surface area contributed by atoms with Crippen LogP contribution >= 0.6 is 0 Å². The summed E-state index contributed by atoms with van der Waals surface area (Å²) in [5.41, 5.74) is -1.32. The molecule has 3 nitrogen and oxygen atoms in total. The summed E-state index contributed by atoms with van der Waals surface area (Å²) < 4.78 is 51.4. The fourth-order valence-electron chi connectivity index (χ4n) is 1.15. The van der Waals surface area contributed by atoms with Crippen LogP contribution in [-0.4, -0.2) is 16.2 Å². The van der Waals surface area contributed by atoms with Crippen LogP contribution in [0, 0.1) is 23.3 Å². The first-order chi connectivity index (χ1) is 7.34. The van der Waals surface area contributed by atoms with Gasteiger partial charge in [-0.1, -0.05) is 0 Å². The minimum absolute atomic E-state index is 0.0261. The summed E-state index contributed by atoms with van der Waals surface area (Å²) in [6.07, 6.45) is -3.21. The summed E-state index contributed by atoms with van der Waals surface area (Å²) >= 11 is 0. The highest BCUT2D eigenvalue weighted by Crippen LogP contribution is 2.26. The van der Waals surface area contributed by atoms with Gasteiger partial charge in [0.2, 0.25) is 0 Å². The van der Waals surface area contributed by atoms with Crippen molar-refractivity contribution in [3.63, 3.8) is 0 Å². The van der Waals surface area contributed by atoms with Gasteiger partial charge in [0.25, 0.3) is 0 Å². The zero-order chi connectivity index (χ0) is 12.5. The first-order valence-corrected chi connectivity index (χ1v) is 4.07. The third kappa shape index (κ3) is 2.30. The highest BCUT2D eigenvalue weighted by atomic mass is 19.2. The molecule has 0 unspecified atom stereocenters. The molecule has 7 heteroatoms. The van der Waals surface area contributed by atoms with E-state index in [1.165, 1.54) is 0 Å². The average molecular weight is 238 g/mol. The monoisotopic (exact) mass is 238 g/mol. The number of halogens is 4. The van der Waals surface area contributed by atoms with Gasteiger partial charge in [-0.2, -0.15) is 0 Å². The predicted octanol–water partition coefficient (Wildman–Crippen LogP) is 1.75. The molecule has 1 atom stereocenters. The molecule has 0 radical (unpaired) electrons. The molecule has 2 N–H and O–H groups in total. The van der Waals surface area contributed by atoms with Gasteiger partial charge in [-0.25, -0.2) is 17.6 Å². The molecule has 0 aliphatic rings. The van der Waals surface area contributed by atoms with Crippen molar-refractivity contribution in [2.24, 2.45) is 0 Å². The summed E-state index contributed by atoms with van der Waals surface area (Å²) in [5.74, 6) is -8.55. The molecule has 0 saturated carbocycles. The fourth-order valence-corrected chi connectivity index (χ4v) is 1.15. The van der Waals surface area contributed by atoms with E-state index in [9.17, 15) is 22.4 Å². The van der Waals surface area contributed by atoms with Crippen LogP contribution in [0.2, 0.25) is 0 Å². The maximum absolute atomic E-state index is 13.0. The molecule has 0 aromatic heterocycles. The Morgan fingerprint density at radius 3 is 2.00 bits per heavy atom. The Morgan fingerprint density at radius 2 is 1.62 bits per heavy atom. The third-order valence-corrected chi connectivity index (χ3v) is 1.85. The van der Waals surface area contributed by atoms with Gasteiger partial charge < -0.3 is 10.2 Å². The molecule has 1 rings (SSSR count). The summed E-state index contributed by atoms with van der Waals surface area (Å²) in [4.78, 5) is 10.2. The first-order valence-electron chi connectivity index (χ1n) is 4.07. The van der Waals surface area contributed by atoms with Gasteiger partial charge in [-0.15, -0.1) is 0 Å². The lowest BCUT2D eigenvalue weighted by atomic mass is 10.0. The number of carbonyl (C=O) groups is 1. The van der Waals surface area contributed by atoms with Crippen molar-refractivity contribution in [3.05, 3.63) is 34.9 Å². The van der Waals surface area contributed by atoms with Gasteiger partial charge in [0, 0.05) is 6.07 Å². The van der Waals surface area contributed by atoms with E-state index < -0.39 is 47.3 Å². The van der Waals surface area contributed by atoms with Crippen LogP contribution < -0.4 is 0 Å². The smallest absolute Gasteiger partial charge is 0.306 e. The molecule has 0 aliphatic carbocycles. The topological polar surface area (TPSA) is 57.5 Å². The number of carboxylic acid groups (broad SMARTS) is 1. The van der Waals surface area contributed by atoms with Crippen molar-refractivity contribution >= 4 is 5.97 Å². The molecule has 1 aromatic rings. The largest absolute Gasteiger partial charge is 0.481 e. The van der Waals surface area contributed by atoms with Crippen LogP contribution in [0.25, 0.3) is 0 Å². The Hall–Kier alpha value is -1.63. The maximum atomic E-state index is 13.0. The normalized spacial score (nSPS) is 12.6. The van der Waals surface area contributed by atoms with E-state index in [-0.39, 0.29) is 6.07 Å². The Kier molecular flexibility index (Phi) is 3.48. The second kappa shape index (κ2) is 4.48. The predicted molar refractivity (Wildman–Crippen MR) is 43.5 cm³/mol. The molecule has 1 aromatic carbocycles. The standard InChI is InChI=1S/C9H6F4O3/c10-3-1-4(11)9(13)7(8(3)12)5(14)2-6(15)16/h1,5,14H,2H2,(H,15,16)/t5-/m1/s1. The quantitative estimate of drug-likeness (QED) is 0.623. The average Bonchev–Trinajstić information content (AvgIpc) is 2.14. The number of hydrogen-bond donors (Lipinski definition) is 2. The van der Waals surface area contributed by atoms with Gasteiger partial charge in [-0.3, -0.25) is 4.79 Å². The zero-order valence-electron chi connectivity index (χ0n) is 7.68. The van der Waals surface area contributed by atoms with Crippen LogP contribution in [0.4, 0.5) is 17.6 Å². The van der Waals surface area contributed by atoms with Crippen molar-refractivity contribution in [2.75, 3.05) is 0 Å². The number of carboxylic acids is 1. The van der Waals surface area contributed by atoms with E-state index in [0.717, 1.165) is 0 Å². The fraction of sp³-hybridized carbons (Fsp3) is 0.222. The lowest BCUT2D eigenvalue weighted by molar-refractivity contribution is -0.139. The van der Waals surface area contributed by atoms with Gasteiger partial charge in [0.1, 0.15) is 0 Å². The van der Waals surface area contributed by atoms with Crippen molar-refractivity contribution in [1.82, 2.24) is 0 Å². The molecule has 0 spiro atoms. The molecule has 16 heavy (non-hydrogen) atoms. The minimum Gasteiger partial charge on any atom is -0.481 e. The molecular formula is C9H6F4O3. The second-order valence-corrected chi connectivity index (χ2v) is 3.00. The van der Waals surface area contributed by atoms with E-state index in [2.05, 4.69) is 0 Å². The third-order valence-electron chi connectivity index (χ3n) is 1.85. The maximum Gasteiger partial charge on any atom is 0.306 e. The molecule has 0 bridgehead atoms. The van der Waals surface area contributed by atoms with E-state index in [1.807, 2.05) is 0 Å². The van der Waals surface area contributed by atoms with E-state index in [0.29, 0.717) is 0 Å². The summed E-state index contributed by atoms with van der Waals surface area (Å²) in [6, 6.07) is -0.0261. The number of aliphatic hydroxyl groups excluding tert-OH is 1. The van der Waals surface area contributed by atoms with Gasteiger partial charge in [0.05, 0.1) is 18.1 Å². The Balaban J connectivity index is 3.26. The van der Waals surface area contributed by atoms with E-state index in [4.69, 9.17) is 10.2 Å². The second-order valence-electron chi connectivity index (χ2n) is 3.00. The highest BCUT2D eigenvalue weighted by Gasteiger charge is 2.26. The summed E-state index contributed by atoms with van der Waals surface area (Å²) in [5, 5.41) is 17.4. The number of rotatable bonds is 3. The molecular weight excluding hydrogens is 232 g/mol. The summed E-state index contributed by atoms with van der Waals surface area (Å²) in [6.45, 7) is 0. The van der Waals surface area contributed by atoms with E-state index >= 15 is 0 Å². The highest BCUT2D eigenvalue weighted by molar-refractivity contribution is 5.67. The molecule has 0 amide bonds. The first kappa shape index (κ1) is 12.4. The van der Waals surface area contributed by atoms with Gasteiger partial charge >= 0.3 is 5.97 Å². The number of hydrogen-bond acceptors (Lipinski definition) is 2. The lowest BCUT2D eigenvalue weighted by Gasteiger charge is -2.11. The summed E-state index contributed by atoms with van der Waals surface area (Å²) in [7, 11) is 0. The Morgan fingerprint density at radius 1 is 1.19 bits per heavy atom. The van der Waals surface area contributed by atoms with Crippen molar-refractivity contribution in [1.29, 1.82) is 0 Å². The van der Waals surface area contributed by atoms with Crippen LogP contribution in [0.1, 0.15) is 18.1 Å². The van der Waals surface area contributed by atoms with Crippen LogP contribution in [-0.2, 0) is 4.79 Å². The lowest BCUT2D eigenvalue weighted by Crippen LogP contribution is -2.12. The Bertz CT molecular complexity index is 407. The molecule has 0 heterocycles. The Labute approximate surface area is 86.9 Å². The molecule has 0 aliphatic heterocycles. The van der Waals surface area contributed by atoms with Crippen LogP contribution in [0.15, 0.2) is 6.07 Å². The molecule has 88 valence electrons. The molecule has 0 fully saturated rings. The molecule has 0 saturated heterocycles. The SMILES string of the molecule is O=C(O)C[C@@H](O)c1c(F)c(F)cc(F)c1F. The van der Waals surface area contributed by atoms with Crippen molar-refractivity contribution in [3.8, 4) is 0 Å². The van der Waals surface area contributed by atoms with Gasteiger partial charge in [-0.05, 0) is 0 Å². The van der Waals surface area contributed by atoms with Gasteiger partial charge in [0.15, 0.2) is 23.3 Å². The van der Waals surface area contributed by atoms with Crippen molar-refractivity contribution in [2.45, 2.75) is 12.5 Å². The van der Waals surface area contributed by atoms with E-state index in [1.54, 1.807) is 0 Å². The zero-order valence-corrected chi connectivity index (χ0v) is 7.68. The minimum atomic E-state index is -2.15.